The Morgan fingerprint density at radius 3 is 2.41 bits per heavy atom. The van der Waals surface area contributed by atoms with E-state index in [0.717, 1.165) is 23.5 Å². The lowest BCUT2D eigenvalue weighted by molar-refractivity contribution is -0.137. The van der Waals surface area contributed by atoms with Gasteiger partial charge in [-0.1, -0.05) is 49.4 Å². The molecule has 4 nitrogen and oxygen atoms in total. The summed E-state index contributed by atoms with van der Waals surface area (Å²) in [6.45, 7) is 2.46. The third-order valence-corrected chi connectivity index (χ3v) is 5.28. The van der Waals surface area contributed by atoms with E-state index in [2.05, 4.69) is 5.32 Å². The number of hydrogen-bond acceptors (Lipinski definition) is 3. The summed E-state index contributed by atoms with van der Waals surface area (Å²) in [5, 5.41) is 12.9. The maximum absolute atomic E-state index is 12.6. The summed E-state index contributed by atoms with van der Waals surface area (Å²) in [6.07, 6.45) is -1.09. The van der Waals surface area contributed by atoms with Crippen LogP contribution in [0.15, 0.2) is 78.2 Å². The number of allylic oxidation sites excluding steroid dienone is 4. The van der Waals surface area contributed by atoms with Crippen LogP contribution in [0.5, 0.6) is 0 Å². The molecule has 1 aliphatic carbocycles. The summed E-state index contributed by atoms with van der Waals surface area (Å²) in [6, 6.07) is 14.5. The van der Waals surface area contributed by atoms with Crippen LogP contribution in [0.1, 0.15) is 36.5 Å². The van der Waals surface area contributed by atoms with Crippen molar-refractivity contribution in [3.8, 4) is 0 Å². The van der Waals surface area contributed by atoms with Gasteiger partial charge in [-0.25, -0.2) is 0 Å². The van der Waals surface area contributed by atoms with Gasteiger partial charge < -0.3 is 15.2 Å². The first-order chi connectivity index (χ1) is 15.2. The molecule has 0 bridgehead atoms. The molecule has 3 rings (SSSR count). The summed E-state index contributed by atoms with van der Waals surface area (Å²) in [5.74, 6) is 0.371. The van der Waals surface area contributed by atoms with Crippen molar-refractivity contribution >= 4 is 5.91 Å². The Hall–Kier alpha value is -3.06. The number of nitrogens with one attached hydrogen (secondary N) is 1. The van der Waals surface area contributed by atoms with Crippen LogP contribution in [0.25, 0.3) is 0 Å². The van der Waals surface area contributed by atoms with Gasteiger partial charge in [-0.05, 0) is 54.7 Å². The Morgan fingerprint density at radius 2 is 1.78 bits per heavy atom. The lowest BCUT2D eigenvalue weighted by Gasteiger charge is -2.23. The summed E-state index contributed by atoms with van der Waals surface area (Å²) < 4.78 is 43.8. The van der Waals surface area contributed by atoms with Crippen LogP contribution < -0.4 is 5.32 Å². The van der Waals surface area contributed by atoms with Crippen LogP contribution in [-0.4, -0.2) is 17.1 Å². The molecule has 2 aromatic carbocycles. The Morgan fingerprint density at radius 1 is 1.09 bits per heavy atom. The van der Waals surface area contributed by atoms with Gasteiger partial charge in [0.2, 0.25) is 0 Å². The van der Waals surface area contributed by atoms with Crippen molar-refractivity contribution in [1.82, 2.24) is 5.32 Å². The van der Waals surface area contributed by atoms with E-state index in [-0.39, 0.29) is 12.3 Å². The molecule has 170 valence electrons. The summed E-state index contributed by atoms with van der Waals surface area (Å²) >= 11 is 0. The number of halogens is 3. The largest absolute Gasteiger partial charge is 0.493 e. The van der Waals surface area contributed by atoms with Gasteiger partial charge in [0.05, 0.1) is 11.3 Å². The molecule has 0 radical (unpaired) electrons. The fraction of sp³-hybridized carbons (Fsp3) is 0.320. The highest BCUT2D eigenvalue weighted by molar-refractivity contribution is 5.82. The predicted molar refractivity (Wildman–Crippen MR) is 115 cm³/mol. The molecule has 0 saturated carbocycles. The molecule has 0 saturated heterocycles. The topological polar surface area (TPSA) is 58.6 Å². The first-order valence-electron chi connectivity index (χ1n) is 10.4. The highest BCUT2D eigenvalue weighted by Gasteiger charge is 2.30. The highest BCUT2D eigenvalue weighted by atomic mass is 19.4. The number of hydrogen-bond donors (Lipinski definition) is 2. The molecule has 0 aliphatic heterocycles. The molecule has 7 heteroatoms. The third kappa shape index (κ3) is 6.72. The fourth-order valence-corrected chi connectivity index (χ4v) is 3.41. The van der Waals surface area contributed by atoms with Crippen LogP contribution in [0.3, 0.4) is 0 Å². The lowest BCUT2D eigenvalue weighted by atomic mass is 9.97. The minimum absolute atomic E-state index is 0.0725. The molecule has 2 aromatic rings. The van der Waals surface area contributed by atoms with Crippen LogP contribution in [0, 0.1) is 5.92 Å². The molecular formula is C25H26F3NO3. The smallest absolute Gasteiger partial charge is 0.416 e. The van der Waals surface area contributed by atoms with Gasteiger partial charge >= 0.3 is 6.18 Å². The monoisotopic (exact) mass is 445 g/mol. The van der Waals surface area contributed by atoms with E-state index in [0.29, 0.717) is 30.7 Å². The van der Waals surface area contributed by atoms with E-state index < -0.39 is 23.8 Å². The second-order valence-electron chi connectivity index (χ2n) is 7.88. The number of alkyl halides is 3. The van der Waals surface area contributed by atoms with Crippen molar-refractivity contribution in [3.05, 3.63) is 94.9 Å². The van der Waals surface area contributed by atoms with E-state index in [1.807, 2.05) is 43.3 Å². The van der Waals surface area contributed by atoms with Gasteiger partial charge in [-0.15, -0.1) is 0 Å². The normalized spacial score (nSPS) is 17.2. The standard InChI is InChI=1S/C25H26F3NO3/c1-17-15-21(12-14-23(17)32-16-19-5-3-2-4-6-19)29-24(31)22(30)13-9-18-7-10-20(11-8-18)25(26,27)28/h2-8,10-12,14,17,22,30H,9,13,15-16H2,1H3,(H,29,31). The second-order valence-corrected chi connectivity index (χ2v) is 7.88. The second kappa shape index (κ2) is 10.5. The van der Waals surface area contributed by atoms with Crippen molar-refractivity contribution < 1.29 is 27.8 Å². The van der Waals surface area contributed by atoms with E-state index in [1.165, 1.54) is 12.1 Å². The van der Waals surface area contributed by atoms with E-state index >= 15 is 0 Å². The number of aryl methyl sites for hydroxylation is 1. The zero-order valence-corrected chi connectivity index (χ0v) is 17.7. The minimum atomic E-state index is -4.39. The minimum Gasteiger partial charge on any atom is -0.493 e. The Balaban J connectivity index is 1.48. The number of carbonyl (C=O) groups excluding carboxylic acids is 1. The number of amides is 1. The molecule has 32 heavy (non-hydrogen) atoms. The SMILES string of the molecule is CC1CC(NC(=O)C(O)CCc2ccc(C(F)(F)F)cc2)=CC=C1OCc1ccccc1. The molecular weight excluding hydrogens is 419 g/mol. The Labute approximate surface area is 185 Å². The van der Waals surface area contributed by atoms with Gasteiger partial charge in [0, 0.05) is 11.6 Å². The molecule has 1 aliphatic rings. The number of ether oxygens (including phenoxy) is 1. The zero-order chi connectivity index (χ0) is 23.1. The van der Waals surface area contributed by atoms with Crippen molar-refractivity contribution in [2.24, 2.45) is 5.92 Å². The first kappa shape index (κ1) is 23.6. The average molecular weight is 445 g/mol. The predicted octanol–water partition coefficient (Wildman–Crippen LogP) is 5.14. The van der Waals surface area contributed by atoms with Gasteiger partial charge in [0.25, 0.3) is 5.91 Å². The Bertz CT molecular complexity index is 966. The molecule has 0 spiro atoms. The maximum Gasteiger partial charge on any atom is 0.416 e. The quantitative estimate of drug-likeness (QED) is 0.592. The lowest BCUT2D eigenvalue weighted by Crippen LogP contribution is -2.35. The van der Waals surface area contributed by atoms with Crippen molar-refractivity contribution in [3.63, 3.8) is 0 Å². The van der Waals surface area contributed by atoms with Gasteiger partial charge in [0.1, 0.15) is 12.7 Å². The van der Waals surface area contributed by atoms with Crippen molar-refractivity contribution in [1.29, 1.82) is 0 Å². The highest BCUT2D eigenvalue weighted by Crippen LogP contribution is 2.29. The number of aliphatic hydroxyl groups excluding tert-OH is 1. The molecule has 1 amide bonds. The van der Waals surface area contributed by atoms with Crippen LogP contribution >= 0.6 is 0 Å². The summed E-state index contributed by atoms with van der Waals surface area (Å²) in [4.78, 5) is 12.3. The molecule has 0 fully saturated rings. The average Bonchev–Trinajstić information content (AvgIpc) is 2.77. The molecule has 2 atom stereocenters. The number of aliphatic hydroxyl groups is 1. The number of rotatable bonds is 8. The Kier molecular flexibility index (Phi) is 7.75. The number of carbonyl (C=O) groups is 1. The van der Waals surface area contributed by atoms with E-state index in [1.54, 1.807) is 6.08 Å². The van der Waals surface area contributed by atoms with Crippen LogP contribution in [-0.2, 0) is 28.7 Å². The maximum atomic E-state index is 12.6. The van der Waals surface area contributed by atoms with Crippen LogP contribution in [0.4, 0.5) is 13.2 Å². The van der Waals surface area contributed by atoms with Crippen molar-refractivity contribution in [2.75, 3.05) is 0 Å². The van der Waals surface area contributed by atoms with Gasteiger partial charge in [-0.3, -0.25) is 4.79 Å². The molecule has 2 N–H and O–H groups in total. The zero-order valence-electron chi connectivity index (χ0n) is 17.7. The molecule has 0 heterocycles. The van der Waals surface area contributed by atoms with Crippen LogP contribution in [0.2, 0.25) is 0 Å². The van der Waals surface area contributed by atoms with E-state index in [9.17, 15) is 23.1 Å². The van der Waals surface area contributed by atoms with Gasteiger partial charge in [-0.2, -0.15) is 13.2 Å². The first-order valence-corrected chi connectivity index (χ1v) is 10.4. The molecule has 0 aromatic heterocycles. The van der Waals surface area contributed by atoms with Crippen molar-refractivity contribution in [2.45, 2.75) is 45.1 Å². The van der Waals surface area contributed by atoms with E-state index in [4.69, 9.17) is 4.74 Å². The number of benzene rings is 2. The van der Waals surface area contributed by atoms with Gasteiger partial charge in [0.15, 0.2) is 0 Å². The molecule has 2 unspecified atom stereocenters. The fourth-order valence-electron chi connectivity index (χ4n) is 3.41. The summed E-state index contributed by atoms with van der Waals surface area (Å²) in [5.41, 5.74) is 1.65. The third-order valence-electron chi connectivity index (χ3n) is 5.28. The summed E-state index contributed by atoms with van der Waals surface area (Å²) in [7, 11) is 0.